The van der Waals surface area contributed by atoms with E-state index >= 15 is 0 Å². The first kappa shape index (κ1) is 25.7. The van der Waals surface area contributed by atoms with Gasteiger partial charge in [0.2, 0.25) is 0 Å². The Labute approximate surface area is 196 Å². The largest absolute Gasteiger partial charge is 0.392 e. The van der Waals surface area contributed by atoms with E-state index in [0.717, 1.165) is 36.3 Å². The van der Waals surface area contributed by atoms with E-state index in [1.165, 1.54) is 32.1 Å². The van der Waals surface area contributed by atoms with Crippen molar-refractivity contribution in [1.82, 2.24) is 0 Å². The van der Waals surface area contributed by atoms with Gasteiger partial charge in [0, 0.05) is 5.41 Å². The maximum absolute atomic E-state index is 10.7. The molecule has 3 N–H and O–H groups in total. The molecule has 3 nitrogen and oxygen atoms in total. The smallest absolute Gasteiger partial charge is 0.0862 e. The summed E-state index contributed by atoms with van der Waals surface area (Å²) in [5, 5.41) is 31.3. The fourth-order valence-corrected chi connectivity index (χ4v) is 7.06. The Bertz CT molecular complexity index is 753. The molecule has 0 saturated heterocycles. The minimum Gasteiger partial charge on any atom is -0.392 e. The molecule has 0 aromatic rings. The minimum absolute atomic E-state index is 0.362. The monoisotopic (exact) mass is 444 g/mol. The van der Waals surface area contributed by atoms with Crippen molar-refractivity contribution in [2.45, 2.75) is 117 Å². The molecule has 6 atom stereocenters. The van der Waals surface area contributed by atoms with Crippen molar-refractivity contribution >= 4 is 0 Å². The van der Waals surface area contributed by atoms with Gasteiger partial charge in [-0.05, 0) is 93.1 Å². The molecule has 0 heterocycles. The van der Waals surface area contributed by atoms with E-state index in [9.17, 15) is 15.3 Å². The first-order valence-corrected chi connectivity index (χ1v) is 12.9. The molecular weight excluding hydrogens is 396 g/mol. The van der Waals surface area contributed by atoms with Crippen LogP contribution in [0, 0.1) is 28.6 Å². The van der Waals surface area contributed by atoms with Gasteiger partial charge in [-0.1, -0.05) is 64.8 Å². The summed E-state index contributed by atoms with van der Waals surface area (Å²) in [5.74, 6) is 2.08. The Hall–Kier alpha value is -0.900. The second-order valence-electron chi connectivity index (χ2n) is 12.7. The zero-order valence-corrected chi connectivity index (χ0v) is 21.5. The molecule has 0 spiro atoms. The number of rotatable bonds is 6. The van der Waals surface area contributed by atoms with Crippen LogP contribution in [0.4, 0.5) is 0 Å². The standard InChI is InChI=1S/C29H48O3/c1-19(10-8-16-27(3,4)32)23-14-15-24-21(11-9-17-29(23,24)7)12-13-22-18-25(30)28(5,6)26(31)20(22)2/h12-13,19,23-26,30-32H,2,8-11,14-18H2,1,3-7H3/b21-12+,22-13-/t19-,23-,24+,25-,26?,29-/m1/s1. The predicted molar refractivity (Wildman–Crippen MR) is 133 cm³/mol. The van der Waals surface area contributed by atoms with Crippen LogP contribution < -0.4 is 0 Å². The van der Waals surface area contributed by atoms with Gasteiger partial charge in [0.15, 0.2) is 0 Å². The van der Waals surface area contributed by atoms with E-state index in [0.29, 0.717) is 23.7 Å². The third-order valence-electron chi connectivity index (χ3n) is 9.39. The maximum Gasteiger partial charge on any atom is 0.0862 e. The van der Waals surface area contributed by atoms with Crippen LogP contribution in [0.15, 0.2) is 35.5 Å². The highest BCUT2D eigenvalue weighted by atomic mass is 16.3. The lowest BCUT2D eigenvalue weighted by atomic mass is 9.60. The number of aliphatic hydroxyl groups excluding tert-OH is 2. The van der Waals surface area contributed by atoms with Crippen LogP contribution in [0.25, 0.3) is 0 Å². The van der Waals surface area contributed by atoms with Crippen molar-refractivity contribution in [3.63, 3.8) is 0 Å². The van der Waals surface area contributed by atoms with Crippen LogP contribution in [-0.4, -0.2) is 33.1 Å². The van der Waals surface area contributed by atoms with Gasteiger partial charge in [0.25, 0.3) is 0 Å². The number of aliphatic hydroxyl groups is 3. The molecule has 0 aromatic heterocycles. The van der Waals surface area contributed by atoms with Crippen molar-refractivity contribution < 1.29 is 15.3 Å². The molecule has 0 aliphatic heterocycles. The average molecular weight is 445 g/mol. The second-order valence-corrected chi connectivity index (χ2v) is 12.7. The maximum atomic E-state index is 10.7. The molecule has 3 rings (SSSR count). The third-order valence-corrected chi connectivity index (χ3v) is 9.39. The van der Waals surface area contributed by atoms with Gasteiger partial charge in [-0.2, -0.15) is 0 Å². The van der Waals surface area contributed by atoms with Crippen molar-refractivity contribution in [1.29, 1.82) is 0 Å². The van der Waals surface area contributed by atoms with Gasteiger partial charge >= 0.3 is 0 Å². The summed E-state index contributed by atoms with van der Waals surface area (Å²) in [4.78, 5) is 0. The number of hydrogen-bond acceptors (Lipinski definition) is 3. The molecule has 3 fully saturated rings. The highest BCUT2D eigenvalue weighted by molar-refractivity contribution is 5.40. The molecule has 32 heavy (non-hydrogen) atoms. The van der Waals surface area contributed by atoms with Crippen LogP contribution in [0.2, 0.25) is 0 Å². The van der Waals surface area contributed by atoms with Crippen molar-refractivity contribution in [2.75, 3.05) is 0 Å². The van der Waals surface area contributed by atoms with E-state index in [2.05, 4.69) is 32.6 Å². The van der Waals surface area contributed by atoms with Gasteiger partial charge in [0.1, 0.15) is 0 Å². The Kier molecular flexibility index (Phi) is 7.55. The summed E-state index contributed by atoms with van der Waals surface area (Å²) in [6.07, 6.45) is 13.2. The van der Waals surface area contributed by atoms with Crippen molar-refractivity contribution in [2.24, 2.45) is 28.6 Å². The summed E-state index contributed by atoms with van der Waals surface area (Å²) in [6.45, 7) is 16.8. The first-order valence-electron chi connectivity index (χ1n) is 12.9. The van der Waals surface area contributed by atoms with E-state index in [1.807, 2.05) is 27.7 Å². The molecule has 182 valence electrons. The highest BCUT2D eigenvalue weighted by Gasteiger charge is 2.50. The number of hydrogen-bond donors (Lipinski definition) is 3. The topological polar surface area (TPSA) is 60.7 Å². The molecular formula is C29H48O3. The first-order chi connectivity index (χ1) is 14.8. The molecule has 0 bridgehead atoms. The quantitative estimate of drug-likeness (QED) is 0.448. The van der Waals surface area contributed by atoms with E-state index < -0.39 is 23.2 Å². The normalized spacial score (nSPS) is 38.8. The lowest BCUT2D eigenvalue weighted by Gasteiger charge is -2.44. The van der Waals surface area contributed by atoms with Crippen LogP contribution in [-0.2, 0) is 0 Å². The third kappa shape index (κ3) is 5.10. The van der Waals surface area contributed by atoms with E-state index in [4.69, 9.17) is 0 Å². The molecule has 0 amide bonds. The van der Waals surface area contributed by atoms with Crippen LogP contribution >= 0.6 is 0 Å². The average Bonchev–Trinajstić information content (AvgIpc) is 3.05. The molecule has 1 unspecified atom stereocenters. The van der Waals surface area contributed by atoms with E-state index in [1.54, 1.807) is 5.57 Å². The SMILES string of the molecule is C=C1/C(=C\C=C2/CCC[C@]3(C)[C@@H]([C@H](C)CCCC(C)(C)O)CC[C@@H]23)C[C@@H](O)C(C)(C)C1O. The van der Waals surface area contributed by atoms with E-state index in [-0.39, 0.29) is 0 Å². The van der Waals surface area contributed by atoms with Crippen molar-refractivity contribution in [3.05, 3.63) is 35.5 Å². The van der Waals surface area contributed by atoms with Crippen LogP contribution in [0.3, 0.4) is 0 Å². The lowest BCUT2D eigenvalue weighted by molar-refractivity contribution is -0.0404. The summed E-state index contributed by atoms with van der Waals surface area (Å²) in [7, 11) is 0. The summed E-state index contributed by atoms with van der Waals surface area (Å²) < 4.78 is 0. The Balaban J connectivity index is 1.72. The second kappa shape index (κ2) is 9.39. The Morgan fingerprint density at radius 2 is 1.84 bits per heavy atom. The fourth-order valence-electron chi connectivity index (χ4n) is 7.06. The fraction of sp³-hybridized carbons (Fsp3) is 0.793. The molecule has 0 aromatic carbocycles. The molecule has 3 heteroatoms. The lowest BCUT2D eigenvalue weighted by Crippen LogP contribution is -2.45. The van der Waals surface area contributed by atoms with Gasteiger partial charge in [-0.25, -0.2) is 0 Å². The van der Waals surface area contributed by atoms with Gasteiger partial charge < -0.3 is 15.3 Å². The van der Waals surface area contributed by atoms with Crippen LogP contribution in [0.5, 0.6) is 0 Å². The summed E-state index contributed by atoms with van der Waals surface area (Å²) in [5.41, 5.74) is 2.57. The van der Waals surface area contributed by atoms with Gasteiger partial charge in [0.05, 0.1) is 17.8 Å². The van der Waals surface area contributed by atoms with Gasteiger partial charge in [-0.3, -0.25) is 0 Å². The molecule has 3 aliphatic rings. The predicted octanol–water partition coefficient (Wildman–Crippen LogP) is 6.34. The molecule has 3 aliphatic carbocycles. The number of fused-ring (bicyclic) bond motifs is 1. The Morgan fingerprint density at radius 3 is 2.50 bits per heavy atom. The van der Waals surface area contributed by atoms with Gasteiger partial charge in [-0.15, -0.1) is 0 Å². The zero-order valence-electron chi connectivity index (χ0n) is 21.5. The number of allylic oxidation sites excluding steroid dienone is 3. The minimum atomic E-state index is -0.701. The molecule has 0 radical (unpaired) electrons. The van der Waals surface area contributed by atoms with Crippen molar-refractivity contribution in [3.8, 4) is 0 Å². The van der Waals surface area contributed by atoms with Crippen LogP contribution in [0.1, 0.15) is 99.3 Å². The Morgan fingerprint density at radius 1 is 1.16 bits per heavy atom. The molecule has 3 saturated carbocycles. The highest BCUT2D eigenvalue weighted by Crippen LogP contribution is 2.60. The summed E-state index contributed by atoms with van der Waals surface area (Å²) >= 11 is 0. The zero-order chi connectivity index (χ0) is 23.9. The summed E-state index contributed by atoms with van der Waals surface area (Å²) in [6, 6.07) is 0.